The number of aryl methyl sites for hydroxylation is 2. The van der Waals surface area contributed by atoms with Crippen LogP contribution in [0.2, 0.25) is 0 Å². The Balaban J connectivity index is 1.94. The number of benzene rings is 1. The van der Waals surface area contributed by atoms with E-state index in [-0.39, 0.29) is 5.91 Å². The lowest BCUT2D eigenvalue weighted by molar-refractivity contribution is -0.114. The second kappa shape index (κ2) is 7.45. The Morgan fingerprint density at radius 1 is 1.16 bits per heavy atom. The van der Waals surface area contributed by atoms with E-state index in [9.17, 15) is 4.79 Å². The van der Waals surface area contributed by atoms with Gasteiger partial charge in [0.25, 0.3) is 5.91 Å². The molecule has 0 atom stereocenters. The van der Waals surface area contributed by atoms with Crippen LogP contribution in [0.25, 0.3) is 6.08 Å². The van der Waals surface area contributed by atoms with Crippen LogP contribution in [-0.4, -0.2) is 21.5 Å². The molecular weight excluding hydrogens is 352 g/mol. The average molecular weight is 373 g/mol. The van der Waals surface area contributed by atoms with Crippen LogP contribution in [0.4, 0.5) is 0 Å². The third-order valence-electron chi connectivity index (χ3n) is 3.87. The molecule has 1 aromatic carbocycles. The molecule has 2 aromatic rings. The van der Waals surface area contributed by atoms with Crippen LogP contribution in [-0.2, 0) is 4.79 Å². The summed E-state index contributed by atoms with van der Waals surface area (Å²) in [5, 5.41) is 1.56. The summed E-state index contributed by atoms with van der Waals surface area (Å²) in [6.45, 7) is 6.63. The number of hydrogen-bond donors (Lipinski definition) is 0. The van der Waals surface area contributed by atoms with Gasteiger partial charge in [0.2, 0.25) is 0 Å². The van der Waals surface area contributed by atoms with Crippen LogP contribution < -0.4 is 9.75 Å². The van der Waals surface area contributed by atoms with E-state index in [2.05, 4.69) is 6.92 Å². The van der Waals surface area contributed by atoms with Crippen LogP contribution in [0.5, 0.6) is 5.75 Å². The van der Waals surface area contributed by atoms with Crippen molar-refractivity contribution in [1.82, 2.24) is 4.68 Å². The average Bonchev–Trinajstić information content (AvgIpc) is 3.06. The van der Waals surface area contributed by atoms with Crippen molar-refractivity contribution in [3.05, 3.63) is 58.3 Å². The first-order chi connectivity index (χ1) is 12.0. The molecule has 25 heavy (non-hydrogen) atoms. The van der Waals surface area contributed by atoms with Crippen molar-refractivity contribution in [3.8, 4) is 5.75 Å². The Hall–Kier alpha value is -2.05. The molecule has 1 amide bonds. The minimum absolute atomic E-state index is 0.109. The lowest BCUT2D eigenvalue weighted by Crippen LogP contribution is -2.39. The van der Waals surface area contributed by atoms with Gasteiger partial charge in [0.1, 0.15) is 5.75 Å². The maximum atomic E-state index is 12.9. The molecule has 0 radical (unpaired) electrons. The molecule has 0 N–H and O–H groups in total. The molecule has 0 aliphatic carbocycles. The van der Waals surface area contributed by atoms with Crippen molar-refractivity contribution in [3.63, 3.8) is 0 Å². The zero-order chi connectivity index (χ0) is 18.0. The highest BCUT2D eigenvalue weighted by Crippen LogP contribution is 2.34. The first-order valence-corrected chi connectivity index (χ1v) is 9.40. The molecule has 1 aromatic heterocycles. The fraction of sp³-hybridized carbons (Fsp3) is 0.263. The fourth-order valence-corrected chi connectivity index (χ4v) is 3.93. The zero-order valence-electron chi connectivity index (χ0n) is 14.5. The standard InChI is InChI=1S/C19H20N2O2S2/c1-4-11-23-16-8-6-5-7-15(16)12-17-18(22)21(19(24)25-17)20-13(2)9-10-14(20)3/h5-10,12H,4,11H2,1-3H3/b17-12+. The van der Waals surface area contributed by atoms with Crippen molar-refractivity contribution < 1.29 is 9.53 Å². The summed E-state index contributed by atoms with van der Waals surface area (Å²) in [5.74, 6) is 0.672. The van der Waals surface area contributed by atoms with Crippen LogP contribution >= 0.6 is 24.0 Å². The quantitative estimate of drug-likeness (QED) is 0.574. The first-order valence-electron chi connectivity index (χ1n) is 8.18. The SMILES string of the molecule is CCCOc1ccccc1/C=C1/SC(=S)N(n2c(C)ccc2C)C1=O. The van der Waals surface area contributed by atoms with Gasteiger partial charge >= 0.3 is 0 Å². The highest BCUT2D eigenvalue weighted by Gasteiger charge is 2.34. The summed E-state index contributed by atoms with van der Waals surface area (Å²) in [6, 6.07) is 11.7. The third kappa shape index (κ3) is 3.50. The molecule has 0 spiro atoms. The molecular formula is C19H20N2O2S2. The molecule has 6 heteroatoms. The van der Waals surface area contributed by atoms with Crippen molar-refractivity contribution in [2.75, 3.05) is 11.6 Å². The number of carbonyl (C=O) groups is 1. The van der Waals surface area contributed by atoms with Gasteiger partial charge in [-0.2, -0.15) is 5.01 Å². The number of rotatable bonds is 5. The number of para-hydroxylation sites is 1. The lowest BCUT2D eigenvalue weighted by atomic mass is 10.2. The molecule has 130 valence electrons. The topological polar surface area (TPSA) is 34.5 Å². The maximum Gasteiger partial charge on any atom is 0.285 e. The van der Waals surface area contributed by atoms with Gasteiger partial charge in [-0.25, -0.2) is 0 Å². The summed E-state index contributed by atoms with van der Waals surface area (Å²) in [4.78, 5) is 13.5. The predicted molar refractivity (Wildman–Crippen MR) is 108 cm³/mol. The predicted octanol–water partition coefficient (Wildman–Crippen LogP) is 4.43. The minimum Gasteiger partial charge on any atom is -0.493 e. The van der Waals surface area contributed by atoms with E-state index in [4.69, 9.17) is 17.0 Å². The lowest BCUT2D eigenvalue weighted by Gasteiger charge is -2.20. The van der Waals surface area contributed by atoms with E-state index in [0.29, 0.717) is 15.8 Å². The number of amides is 1. The second-order valence-corrected chi connectivity index (χ2v) is 7.48. The van der Waals surface area contributed by atoms with Crippen molar-refractivity contribution >= 4 is 40.3 Å². The van der Waals surface area contributed by atoms with Gasteiger partial charge in [0.15, 0.2) is 4.32 Å². The Morgan fingerprint density at radius 2 is 1.84 bits per heavy atom. The summed E-state index contributed by atoms with van der Waals surface area (Å²) in [5.41, 5.74) is 2.83. The number of nitrogens with zero attached hydrogens (tertiary/aromatic N) is 2. The van der Waals surface area contributed by atoms with Gasteiger partial charge in [0.05, 0.1) is 11.5 Å². The van der Waals surface area contributed by atoms with Crippen LogP contribution in [0.1, 0.15) is 30.3 Å². The molecule has 1 aliphatic rings. The Morgan fingerprint density at radius 3 is 2.52 bits per heavy atom. The van der Waals surface area contributed by atoms with E-state index in [0.717, 1.165) is 29.1 Å². The van der Waals surface area contributed by atoms with Crippen molar-refractivity contribution in [1.29, 1.82) is 0 Å². The second-order valence-electron chi connectivity index (χ2n) is 5.81. The van der Waals surface area contributed by atoms with Gasteiger partial charge in [-0.15, -0.1) is 0 Å². The summed E-state index contributed by atoms with van der Waals surface area (Å²) < 4.78 is 8.17. The van der Waals surface area contributed by atoms with E-state index in [1.54, 1.807) is 5.01 Å². The van der Waals surface area contributed by atoms with Crippen LogP contribution in [0.15, 0.2) is 41.3 Å². The highest BCUT2D eigenvalue weighted by molar-refractivity contribution is 8.27. The summed E-state index contributed by atoms with van der Waals surface area (Å²) >= 11 is 6.77. The molecule has 3 rings (SSSR count). The van der Waals surface area contributed by atoms with Gasteiger partial charge < -0.3 is 4.74 Å². The van der Waals surface area contributed by atoms with E-state index in [1.807, 2.05) is 61.0 Å². The van der Waals surface area contributed by atoms with E-state index >= 15 is 0 Å². The molecule has 1 fully saturated rings. The zero-order valence-corrected chi connectivity index (χ0v) is 16.1. The molecule has 4 nitrogen and oxygen atoms in total. The van der Waals surface area contributed by atoms with E-state index in [1.165, 1.54) is 11.8 Å². The normalized spacial score (nSPS) is 16.1. The molecule has 1 saturated heterocycles. The fourth-order valence-electron chi connectivity index (χ4n) is 2.69. The highest BCUT2D eigenvalue weighted by atomic mass is 32.2. The number of thiocarbonyl (C=S) groups is 1. The van der Waals surface area contributed by atoms with Crippen LogP contribution in [0.3, 0.4) is 0 Å². The van der Waals surface area contributed by atoms with Gasteiger partial charge in [-0.3, -0.25) is 9.47 Å². The Kier molecular flexibility index (Phi) is 5.30. The van der Waals surface area contributed by atoms with Gasteiger partial charge in [-0.05, 0) is 56.8 Å². The van der Waals surface area contributed by atoms with Crippen LogP contribution in [0, 0.1) is 13.8 Å². The third-order valence-corrected chi connectivity index (χ3v) is 5.16. The molecule has 0 bridgehead atoms. The minimum atomic E-state index is -0.109. The first kappa shape index (κ1) is 17.8. The molecule has 0 unspecified atom stereocenters. The number of carbonyl (C=O) groups excluding carboxylic acids is 1. The molecule has 2 heterocycles. The Bertz CT molecular complexity index is 835. The van der Waals surface area contributed by atoms with Gasteiger partial charge in [0, 0.05) is 17.0 Å². The molecule has 0 saturated carbocycles. The van der Waals surface area contributed by atoms with E-state index < -0.39 is 0 Å². The monoisotopic (exact) mass is 372 g/mol. The summed E-state index contributed by atoms with van der Waals surface area (Å²) in [6.07, 6.45) is 2.79. The number of thioether (sulfide) groups is 1. The number of hydrogen-bond acceptors (Lipinski definition) is 4. The number of aromatic nitrogens is 1. The summed E-state index contributed by atoms with van der Waals surface area (Å²) in [7, 11) is 0. The maximum absolute atomic E-state index is 12.9. The Labute approximate surface area is 157 Å². The van der Waals surface area contributed by atoms with Crippen molar-refractivity contribution in [2.24, 2.45) is 0 Å². The smallest absolute Gasteiger partial charge is 0.285 e. The van der Waals surface area contributed by atoms with Gasteiger partial charge in [-0.1, -0.05) is 36.9 Å². The van der Waals surface area contributed by atoms with Crippen molar-refractivity contribution in [2.45, 2.75) is 27.2 Å². The number of ether oxygens (including phenoxy) is 1. The molecule has 1 aliphatic heterocycles. The largest absolute Gasteiger partial charge is 0.493 e.